The lowest BCUT2D eigenvalue weighted by Gasteiger charge is -2.20. The number of carbonyl (C=O) groups is 2. The highest BCUT2D eigenvalue weighted by molar-refractivity contribution is 5.97. The maximum atomic E-state index is 11.8. The van der Waals surface area contributed by atoms with Crippen LogP contribution in [0, 0.1) is 0 Å². The standard InChI is InChI=1S/C14H18N2O3/c1-10(17)16(9-14(18)15-11-3-4-11)12-5-7-13(19-2)8-6-12/h5-8,11H,3-4,9H2,1-2H3,(H,15,18). The second-order valence-corrected chi connectivity index (χ2v) is 4.64. The number of amides is 2. The van der Waals surface area contributed by atoms with Gasteiger partial charge in [0.25, 0.3) is 0 Å². The molecule has 1 aliphatic carbocycles. The molecule has 19 heavy (non-hydrogen) atoms. The Morgan fingerprint density at radius 2 is 1.95 bits per heavy atom. The van der Waals surface area contributed by atoms with Gasteiger partial charge in [-0.25, -0.2) is 0 Å². The van der Waals surface area contributed by atoms with Crippen LogP contribution in [-0.4, -0.2) is 31.5 Å². The molecule has 2 amide bonds. The van der Waals surface area contributed by atoms with Gasteiger partial charge in [-0.15, -0.1) is 0 Å². The van der Waals surface area contributed by atoms with Crippen LogP contribution < -0.4 is 15.0 Å². The average molecular weight is 262 g/mol. The Labute approximate surface area is 112 Å². The molecule has 5 nitrogen and oxygen atoms in total. The van der Waals surface area contributed by atoms with Gasteiger partial charge in [0.15, 0.2) is 0 Å². The van der Waals surface area contributed by atoms with Crippen molar-refractivity contribution >= 4 is 17.5 Å². The molecule has 1 N–H and O–H groups in total. The van der Waals surface area contributed by atoms with E-state index in [0.29, 0.717) is 11.7 Å². The van der Waals surface area contributed by atoms with Crippen LogP contribution in [0.4, 0.5) is 5.69 Å². The maximum absolute atomic E-state index is 11.8. The highest BCUT2D eigenvalue weighted by atomic mass is 16.5. The molecule has 1 aromatic rings. The Kier molecular flexibility index (Phi) is 4.04. The van der Waals surface area contributed by atoms with Crippen molar-refractivity contribution in [2.24, 2.45) is 0 Å². The number of nitrogens with one attached hydrogen (secondary N) is 1. The first kappa shape index (κ1) is 13.4. The van der Waals surface area contributed by atoms with Gasteiger partial charge in [0.1, 0.15) is 12.3 Å². The first-order valence-electron chi connectivity index (χ1n) is 6.31. The van der Waals surface area contributed by atoms with Crippen LogP contribution in [-0.2, 0) is 9.59 Å². The van der Waals surface area contributed by atoms with E-state index < -0.39 is 0 Å². The Morgan fingerprint density at radius 3 is 2.42 bits per heavy atom. The molecule has 0 radical (unpaired) electrons. The molecule has 1 aliphatic rings. The minimum atomic E-state index is -0.156. The zero-order chi connectivity index (χ0) is 13.8. The van der Waals surface area contributed by atoms with Gasteiger partial charge < -0.3 is 15.0 Å². The summed E-state index contributed by atoms with van der Waals surface area (Å²) in [5.74, 6) is 0.444. The van der Waals surface area contributed by atoms with E-state index in [9.17, 15) is 9.59 Å². The lowest BCUT2D eigenvalue weighted by molar-refractivity contribution is -0.123. The first-order valence-corrected chi connectivity index (χ1v) is 6.31. The molecule has 0 aliphatic heterocycles. The highest BCUT2D eigenvalue weighted by Gasteiger charge is 2.25. The number of methoxy groups -OCH3 is 1. The summed E-state index contributed by atoms with van der Waals surface area (Å²) in [7, 11) is 1.58. The Bertz CT molecular complexity index is 466. The summed E-state index contributed by atoms with van der Waals surface area (Å²) in [6.45, 7) is 1.51. The lowest BCUT2D eigenvalue weighted by atomic mass is 10.2. The summed E-state index contributed by atoms with van der Waals surface area (Å²) in [5.41, 5.74) is 0.694. The zero-order valence-electron chi connectivity index (χ0n) is 11.2. The van der Waals surface area contributed by atoms with Crippen molar-refractivity contribution in [3.8, 4) is 5.75 Å². The summed E-state index contributed by atoms with van der Waals surface area (Å²) in [6.07, 6.45) is 2.07. The van der Waals surface area contributed by atoms with Gasteiger partial charge in [0.2, 0.25) is 11.8 Å². The third kappa shape index (κ3) is 3.71. The minimum absolute atomic E-state index is 0.0537. The third-order valence-corrected chi connectivity index (χ3v) is 3.01. The van der Waals surface area contributed by atoms with Gasteiger partial charge in [-0.3, -0.25) is 9.59 Å². The maximum Gasteiger partial charge on any atom is 0.240 e. The van der Waals surface area contributed by atoms with Crippen LogP contribution in [0.2, 0.25) is 0 Å². The fourth-order valence-electron chi connectivity index (χ4n) is 1.79. The van der Waals surface area contributed by atoms with Crippen LogP contribution in [0.25, 0.3) is 0 Å². The van der Waals surface area contributed by atoms with Gasteiger partial charge in [-0.2, -0.15) is 0 Å². The number of benzene rings is 1. The molecule has 1 saturated carbocycles. The van der Waals surface area contributed by atoms with Crippen LogP contribution in [0.5, 0.6) is 5.75 Å². The van der Waals surface area contributed by atoms with E-state index in [1.54, 1.807) is 31.4 Å². The van der Waals surface area contributed by atoms with E-state index in [0.717, 1.165) is 18.6 Å². The van der Waals surface area contributed by atoms with Gasteiger partial charge in [-0.05, 0) is 37.1 Å². The van der Waals surface area contributed by atoms with Crippen LogP contribution in [0.15, 0.2) is 24.3 Å². The monoisotopic (exact) mass is 262 g/mol. The summed E-state index contributed by atoms with van der Waals surface area (Å²) in [4.78, 5) is 24.9. The van der Waals surface area contributed by atoms with Crippen molar-refractivity contribution in [1.29, 1.82) is 0 Å². The molecule has 2 rings (SSSR count). The number of hydrogen-bond donors (Lipinski definition) is 1. The van der Waals surface area contributed by atoms with Gasteiger partial charge in [-0.1, -0.05) is 0 Å². The number of anilines is 1. The fraction of sp³-hybridized carbons (Fsp3) is 0.429. The van der Waals surface area contributed by atoms with Crippen molar-refractivity contribution < 1.29 is 14.3 Å². The predicted molar refractivity (Wildman–Crippen MR) is 72.2 cm³/mol. The summed E-state index contributed by atoms with van der Waals surface area (Å²) >= 11 is 0. The molecule has 0 bridgehead atoms. The van der Waals surface area contributed by atoms with Crippen molar-refractivity contribution in [1.82, 2.24) is 5.32 Å². The normalized spacial score (nSPS) is 13.8. The molecular formula is C14H18N2O3. The number of rotatable bonds is 5. The molecule has 0 aromatic heterocycles. The van der Waals surface area contributed by atoms with E-state index in [1.165, 1.54) is 11.8 Å². The Morgan fingerprint density at radius 1 is 1.32 bits per heavy atom. The third-order valence-electron chi connectivity index (χ3n) is 3.01. The molecule has 5 heteroatoms. The Balaban J connectivity index is 2.04. The number of carbonyl (C=O) groups excluding carboxylic acids is 2. The molecular weight excluding hydrogens is 244 g/mol. The van der Waals surface area contributed by atoms with Gasteiger partial charge >= 0.3 is 0 Å². The fourth-order valence-corrected chi connectivity index (χ4v) is 1.79. The van der Waals surface area contributed by atoms with E-state index in [2.05, 4.69) is 5.32 Å². The van der Waals surface area contributed by atoms with Gasteiger partial charge in [0.05, 0.1) is 7.11 Å². The lowest BCUT2D eigenvalue weighted by Crippen LogP contribution is -2.40. The number of ether oxygens (including phenoxy) is 1. The summed E-state index contributed by atoms with van der Waals surface area (Å²) in [6, 6.07) is 7.38. The smallest absolute Gasteiger partial charge is 0.240 e. The van der Waals surface area contributed by atoms with Crippen molar-refractivity contribution in [2.75, 3.05) is 18.6 Å². The second kappa shape index (κ2) is 5.73. The number of nitrogens with zero attached hydrogens (tertiary/aromatic N) is 1. The minimum Gasteiger partial charge on any atom is -0.497 e. The van der Waals surface area contributed by atoms with E-state index in [1.807, 2.05) is 0 Å². The second-order valence-electron chi connectivity index (χ2n) is 4.64. The molecule has 1 fully saturated rings. The first-order chi connectivity index (χ1) is 9.10. The highest BCUT2D eigenvalue weighted by Crippen LogP contribution is 2.20. The van der Waals surface area contributed by atoms with Crippen molar-refractivity contribution in [2.45, 2.75) is 25.8 Å². The van der Waals surface area contributed by atoms with Crippen LogP contribution in [0.1, 0.15) is 19.8 Å². The number of hydrogen-bond acceptors (Lipinski definition) is 3. The van der Waals surface area contributed by atoms with E-state index in [4.69, 9.17) is 4.74 Å². The summed E-state index contributed by atoms with van der Waals surface area (Å²) < 4.78 is 5.07. The van der Waals surface area contributed by atoms with Crippen LogP contribution >= 0.6 is 0 Å². The average Bonchev–Trinajstić information content (AvgIpc) is 3.20. The molecule has 1 aromatic carbocycles. The van der Waals surface area contributed by atoms with Crippen LogP contribution in [0.3, 0.4) is 0 Å². The molecule has 0 saturated heterocycles. The molecule has 0 heterocycles. The topological polar surface area (TPSA) is 58.6 Å². The summed E-state index contributed by atoms with van der Waals surface area (Å²) in [5, 5.41) is 2.87. The van der Waals surface area contributed by atoms with Crippen molar-refractivity contribution in [3.63, 3.8) is 0 Å². The zero-order valence-corrected chi connectivity index (χ0v) is 11.2. The largest absolute Gasteiger partial charge is 0.497 e. The van der Waals surface area contributed by atoms with E-state index >= 15 is 0 Å². The Hall–Kier alpha value is -2.04. The SMILES string of the molecule is COc1ccc(N(CC(=O)NC2CC2)C(C)=O)cc1. The molecule has 0 spiro atoms. The van der Waals surface area contributed by atoms with Gasteiger partial charge in [0, 0.05) is 18.7 Å². The predicted octanol–water partition coefficient (Wildman–Crippen LogP) is 1.33. The molecule has 0 unspecified atom stereocenters. The quantitative estimate of drug-likeness (QED) is 0.870. The molecule has 0 atom stereocenters. The molecule has 102 valence electrons. The van der Waals surface area contributed by atoms with Crippen molar-refractivity contribution in [3.05, 3.63) is 24.3 Å². The van der Waals surface area contributed by atoms with E-state index in [-0.39, 0.29) is 18.4 Å².